The molecule has 0 saturated heterocycles. The number of sulfone groups is 1. The number of phenolic OH excluding ortho intramolecular Hbond substituents is 2. The molecule has 19 heavy (non-hydrogen) atoms. The Kier molecular flexibility index (Phi) is 3.24. The van der Waals surface area contributed by atoms with E-state index < -0.39 is 9.84 Å². The zero-order valence-electron chi connectivity index (χ0n) is 10.6. The fraction of sp³-hybridized carbons (Fsp3) is 0.143. The van der Waals surface area contributed by atoms with Crippen LogP contribution in [-0.2, 0) is 9.84 Å². The first kappa shape index (κ1) is 13.4. The number of aromatic hydroxyl groups is 2. The van der Waals surface area contributed by atoms with Gasteiger partial charge in [-0.25, -0.2) is 8.42 Å². The lowest BCUT2D eigenvalue weighted by molar-refractivity contribution is 0.468. The lowest BCUT2D eigenvalue weighted by Crippen LogP contribution is -2.06. The number of phenols is 2. The van der Waals surface area contributed by atoms with E-state index in [9.17, 15) is 18.6 Å². The van der Waals surface area contributed by atoms with Crippen LogP contribution in [0, 0.1) is 13.8 Å². The Labute approximate surface area is 111 Å². The van der Waals surface area contributed by atoms with Gasteiger partial charge in [0.1, 0.15) is 11.5 Å². The second kappa shape index (κ2) is 4.59. The number of benzene rings is 2. The Morgan fingerprint density at radius 3 is 2.05 bits per heavy atom. The van der Waals surface area contributed by atoms with Crippen molar-refractivity contribution in [2.24, 2.45) is 0 Å². The molecular weight excluding hydrogens is 264 g/mol. The predicted octanol–water partition coefficient (Wildman–Crippen LogP) is 2.55. The average molecular weight is 278 g/mol. The third-order valence-corrected chi connectivity index (χ3v) is 5.05. The summed E-state index contributed by atoms with van der Waals surface area (Å²) >= 11 is 0. The normalized spacial score (nSPS) is 11.5. The van der Waals surface area contributed by atoms with E-state index in [1.54, 1.807) is 19.9 Å². The number of hydrogen-bond donors (Lipinski definition) is 2. The number of rotatable bonds is 2. The molecule has 2 rings (SSSR count). The van der Waals surface area contributed by atoms with Crippen LogP contribution in [0.1, 0.15) is 11.1 Å². The lowest BCUT2D eigenvalue weighted by atomic mass is 10.1. The van der Waals surface area contributed by atoms with Crippen molar-refractivity contribution in [1.82, 2.24) is 0 Å². The zero-order chi connectivity index (χ0) is 14.2. The van der Waals surface area contributed by atoms with E-state index in [1.807, 2.05) is 0 Å². The highest BCUT2D eigenvalue weighted by Crippen LogP contribution is 2.32. The van der Waals surface area contributed by atoms with Gasteiger partial charge in [-0.05, 0) is 49.7 Å². The fourth-order valence-corrected chi connectivity index (χ4v) is 3.70. The van der Waals surface area contributed by atoms with Gasteiger partial charge in [-0.1, -0.05) is 6.07 Å². The van der Waals surface area contributed by atoms with E-state index in [2.05, 4.69) is 0 Å². The van der Waals surface area contributed by atoms with Gasteiger partial charge in [0.25, 0.3) is 0 Å². The Morgan fingerprint density at radius 2 is 1.47 bits per heavy atom. The molecule has 0 aromatic heterocycles. The molecule has 100 valence electrons. The Morgan fingerprint density at radius 1 is 0.895 bits per heavy atom. The van der Waals surface area contributed by atoms with E-state index in [0.717, 1.165) is 0 Å². The van der Waals surface area contributed by atoms with Gasteiger partial charge in [0.2, 0.25) is 9.84 Å². The molecule has 2 aromatic carbocycles. The van der Waals surface area contributed by atoms with Gasteiger partial charge in [0, 0.05) is 5.56 Å². The highest BCUT2D eigenvalue weighted by atomic mass is 32.2. The van der Waals surface area contributed by atoms with Crippen LogP contribution in [-0.4, -0.2) is 18.6 Å². The van der Waals surface area contributed by atoms with Crippen LogP contribution in [0.4, 0.5) is 0 Å². The topological polar surface area (TPSA) is 74.6 Å². The minimum Gasteiger partial charge on any atom is -0.508 e. The van der Waals surface area contributed by atoms with Gasteiger partial charge in [-0.15, -0.1) is 0 Å². The third-order valence-electron chi connectivity index (χ3n) is 2.99. The summed E-state index contributed by atoms with van der Waals surface area (Å²) in [4.78, 5) is 0.195. The zero-order valence-corrected chi connectivity index (χ0v) is 11.4. The van der Waals surface area contributed by atoms with Crippen molar-refractivity contribution in [3.63, 3.8) is 0 Å². The maximum atomic E-state index is 12.5. The first-order valence-electron chi connectivity index (χ1n) is 5.67. The van der Waals surface area contributed by atoms with Crippen molar-refractivity contribution in [2.75, 3.05) is 0 Å². The second-order valence-corrected chi connectivity index (χ2v) is 6.24. The molecule has 0 bridgehead atoms. The Hall–Kier alpha value is -2.01. The summed E-state index contributed by atoms with van der Waals surface area (Å²) in [6.07, 6.45) is 0. The second-order valence-electron chi connectivity index (χ2n) is 4.35. The van der Waals surface area contributed by atoms with E-state index in [4.69, 9.17) is 0 Å². The van der Waals surface area contributed by atoms with Crippen LogP contribution in [0.3, 0.4) is 0 Å². The standard InChI is InChI=1S/C14H14O4S/c1-9-3-8-13(16)10(2)14(9)19(17,18)12-6-4-11(15)5-7-12/h3-8,15-16H,1-2H3. The molecule has 0 aliphatic carbocycles. The van der Waals surface area contributed by atoms with Gasteiger partial charge >= 0.3 is 0 Å². The van der Waals surface area contributed by atoms with E-state index >= 15 is 0 Å². The van der Waals surface area contributed by atoms with Gasteiger partial charge in [-0.3, -0.25) is 0 Å². The maximum absolute atomic E-state index is 12.5. The van der Waals surface area contributed by atoms with Crippen LogP contribution < -0.4 is 0 Å². The molecule has 2 N–H and O–H groups in total. The average Bonchev–Trinajstić information content (AvgIpc) is 2.34. The van der Waals surface area contributed by atoms with Gasteiger partial charge in [0.15, 0.2) is 0 Å². The van der Waals surface area contributed by atoms with Crippen LogP contribution in [0.25, 0.3) is 0 Å². The monoisotopic (exact) mass is 278 g/mol. The maximum Gasteiger partial charge on any atom is 0.207 e. The molecule has 0 spiro atoms. The Bertz CT molecular complexity index is 716. The molecule has 5 heteroatoms. The molecule has 0 aliphatic heterocycles. The van der Waals surface area contributed by atoms with Crippen LogP contribution in [0.2, 0.25) is 0 Å². The van der Waals surface area contributed by atoms with Gasteiger partial charge in [0.05, 0.1) is 9.79 Å². The van der Waals surface area contributed by atoms with E-state index in [0.29, 0.717) is 11.1 Å². The van der Waals surface area contributed by atoms with Crippen LogP contribution in [0.5, 0.6) is 11.5 Å². The first-order valence-corrected chi connectivity index (χ1v) is 7.15. The molecule has 0 unspecified atom stereocenters. The Balaban J connectivity index is 2.70. The molecule has 0 saturated carbocycles. The molecule has 4 nitrogen and oxygen atoms in total. The lowest BCUT2D eigenvalue weighted by Gasteiger charge is -2.12. The molecule has 0 amide bonds. The molecule has 0 atom stereocenters. The molecule has 0 fully saturated rings. The predicted molar refractivity (Wildman–Crippen MR) is 71.1 cm³/mol. The summed E-state index contributed by atoms with van der Waals surface area (Å²) in [6.45, 7) is 3.25. The van der Waals surface area contributed by atoms with Crippen molar-refractivity contribution in [3.8, 4) is 11.5 Å². The van der Waals surface area contributed by atoms with Crippen molar-refractivity contribution in [2.45, 2.75) is 23.6 Å². The minimum atomic E-state index is -3.71. The van der Waals surface area contributed by atoms with Crippen molar-refractivity contribution in [3.05, 3.63) is 47.5 Å². The van der Waals surface area contributed by atoms with Crippen LogP contribution in [0.15, 0.2) is 46.2 Å². The largest absolute Gasteiger partial charge is 0.508 e. The molecule has 0 aliphatic rings. The third kappa shape index (κ3) is 2.29. The van der Waals surface area contributed by atoms with Gasteiger partial charge in [-0.2, -0.15) is 0 Å². The van der Waals surface area contributed by atoms with Crippen molar-refractivity contribution >= 4 is 9.84 Å². The SMILES string of the molecule is Cc1ccc(O)c(C)c1S(=O)(=O)c1ccc(O)cc1. The minimum absolute atomic E-state index is 0.00306. The summed E-state index contributed by atoms with van der Waals surface area (Å²) in [6, 6.07) is 8.36. The molecular formula is C14H14O4S. The molecule has 0 heterocycles. The van der Waals surface area contributed by atoms with E-state index in [-0.39, 0.29) is 21.3 Å². The quantitative estimate of drug-likeness (QED) is 0.885. The number of aryl methyl sites for hydroxylation is 1. The van der Waals surface area contributed by atoms with Crippen LogP contribution >= 0.6 is 0 Å². The summed E-state index contributed by atoms with van der Waals surface area (Å²) in [5.41, 5.74) is 0.899. The summed E-state index contributed by atoms with van der Waals surface area (Å²) in [5.74, 6) is -0.0498. The number of hydrogen-bond acceptors (Lipinski definition) is 4. The van der Waals surface area contributed by atoms with Crippen molar-refractivity contribution < 1.29 is 18.6 Å². The summed E-state index contributed by atoms with van der Waals surface area (Å²) in [5, 5.41) is 18.9. The summed E-state index contributed by atoms with van der Waals surface area (Å²) < 4.78 is 25.1. The fourth-order valence-electron chi connectivity index (χ4n) is 1.97. The highest BCUT2D eigenvalue weighted by Gasteiger charge is 2.23. The van der Waals surface area contributed by atoms with Gasteiger partial charge < -0.3 is 10.2 Å². The summed E-state index contributed by atoms with van der Waals surface area (Å²) in [7, 11) is -3.71. The molecule has 2 aromatic rings. The van der Waals surface area contributed by atoms with Crippen molar-refractivity contribution in [1.29, 1.82) is 0 Å². The highest BCUT2D eigenvalue weighted by molar-refractivity contribution is 7.91. The van der Waals surface area contributed by atoms with E-state index in [1.165, 1.54) is 30.3 Å². The first-order chi connectivity index (χ1) is 8.84. The molecule has 0 radical (unpaired) electrons. The smallest absolute Gasteiger partial charge is 0.207 e.